The molecule has 9 heteroatoms. The van der Waals surface area contributed by atoms with Crippen LogP contribution >= 0.6 is 0 Å². The first kappa shape index (κ1) is 19.1. The molecule has 1 aromatic heterocycles. The molecule has 3 aromatic rings. The molecule has 1 aliphatic rings. The predicted molar refractivity (Wildman–Crippen MR) is 93.9 cm³/mol. The second kappa shape index (κ2) is 7.00. The zero-order chi connectivity index (χ0) is 20.8. The molecule has 2 N–H and O–H groups in total. The summed E-state index contributed by atoms with van der Waals surface area (Å²) in [6, 6.07) is 13.5. The lowest BCUT2D eigenvalue weighted by molar-refractivity contribution is -0.141. The van der Waals surface area contributed by atoms with Crippen LogP contribution in [0.1, 0.15) is 28.7 Å². The van der Waals surface area contributed by atoms with E-state index >= 15 is 0 Å². The summed E-state index contributed by atoms with van der Waals surface area (Å²) in [5.41, 5.74) is 2.11. The first-order chi connectivity index (χ1) is 13.8. The summed E-state index contributed by atoms with van der Waals surface area (Å²) in [6.07, 6.45) is -3.32. The molecule has 0 spiro atoms. The van der Waals surface area contributed by atoms with Crippen LogP contribution in [0.2, 0.25) is 0 Å². The summed E-state index contributed by atoms with van der Waals surface area (Å²) in [6.45, 7) is 0. The van der Waals surface area contributed by atoms with E-state index in [0.717, 1.165) is 10.7 Å². The molecule has 1 heterocycles. The standard InChI is InChI=1S/C20H15F4N3O2/c21-14-4-2-1-3-13(14)17-16(18(17)19(28)26-29)11-5-7-12(8-6-11)27-10-9-15(25-27)20(22,23)24/h1-10,16-18,29H,(H,26,28)/t16-,17-,18-/m1/s1. The van der Waals surface area contributed by atoms with Gasteiger partial charge in [0.15, 0.2) is 5.69 Å². The molecule has 1 amide bonds. The van der Waals surface area contributed by atoms with Crippen LogP contribution in [0.25, 0.3) is 5.69 Å². The fourth-order valence-corrected chi connectivity index (χ4v) is 3.73. The molecule has 29 heavy (non-hydrogen) atoms. The monoisotopic (exact) mass is 405 g/mol. The van der Waals surface area contributed by atoms with Crippen LogP contribution in [0, 0.1) is 11.7 Å². The summed E-state index contributed by atoms with van der Waals surface area (Å²) >= 11 is 0. The molecule has 4 rings (SSSR count). The van der Waals surface area contributed by atoms with E-state index in [0.29, 0.717) is 16.8 Å². The van der Waals surface area contributed by atoms with Gasteiger partial charge in [-0.05, 0) is 35.4 Å². The van der Waals surface area contributed by atoms with Crippen molar-refractivity contribution in [2.45, 2.75) is 18.0 Å². The highest BCUT2D eigenvalue weighted by molar-refractivity contribution is 5.84. The van der Waals surface area contributed by atoms with Gasteiger partial charge in [-0.3, -0.25) is 10.0 Å². The molecule has 5 nitrogen and oxygen atoms in total. The van der Waals surface area contributed by atoms with E-state index in [1.807, 2.05) is 0 Å². The number of nitrogens with one attached hydrogen (secondary N) is 1. The van der Waals surface area contributed by atoms with Gasteiger partial charge >= 0.3 is 6.18 Å². The Hall–Kier alpha value is -3.20. The number of aromatic nitrogens is 2. The van der Waals surface area contributed by atoms with Crippen molar-refractivity contribution in [3.63, 3.8) is 0 Å². The highest BCUT2D eigenvalue weighted by Gasteiger charge is 2.56. The topological polar surface area (TPSA) is 67.2 Å². The summed E-state index contributed by atoms with van der Waals surface area (Å²) in [7, 11) is 0. The zero-order valence-corrected chi connectivity index (χ0v) is 14.8. The maximum absolute atomic E-state index is 14.2. The molecule has 150 valence electrons. The number of benzene rings is 2. The number of alkyl halides is 3. The van der Waals surface area contributed by atoms with Crippen LogP contribution in [-0.2, 0) is 11.0 Å². The van der Waals surface area contributed by atoms with Gasteiger partial charge < -0.3 is 0 Å². The van der Waals surface area contributed by atoms with Gasteiger partial charge in [-0.2, -0.15) is 18.3 Å². The minimum atomic E-state index is -4.53. The third kappa shape index (κ3) is 3.49. The number of hydroxylamine groups is 1. The van der Waals surface area contributed by atoms with Crippen molar-refractivity contribution in [1.82, 2.24) is 15.3 Å². The largest absolute Gasteiger partial charge is 0.435 e. The van der Waals surface area contributed by atoms with E-state index in [4.69, 9.17) is 5.21 Å². The highest BCUT2D eigenvalue weighted by Crippen LogP contribution is 2.61. The molecule has 0 saturated heterocycles. The quantitative estimate of drug-likeness (QED) is 0.391. The Bertz CT molecular complexity index is 1050. The molecule has 0 aliphatic heterocycles. The minimum absolute atomic E-state index is 0.364. The van der Waals surface area contributed by atoms with Crippen LogP contribution in [0.15, 0.2) is 60.8 Å². The Kier molecular flexibility index (Phi) is 4.62. The number of amides is 1. The number of nitrogens with zero attached hydrogens (tertiary/aromatic N) is 2. The van der Waals surface area contributed by atoms with Crippen LogP contribution in [0.5, 0.6) is 0 Å². The van der Waals surface area contributed by atoms with Crippen molar-refractivity contribution in [2.24, 2.45) is 5.92 Å². The van der Waals surface area contributed by atoms with E-state index in [2.05, 4.69) is 5.10 Å². The Morgan fingerprint density at radius 2 is 1.72 bits per heavy atom. The molecular formula is C20H15F4N3O2. The fourth-order valence-electron chi connectivity index (χ4n) is 3.73. The number of hydrogen-bond donors (Lipinski definition) is 2. The molecule has 0 bridgehead atoms. The SMILES string of the molecule is O=C(NO)[C@@H]1[C@H](c2ccc(-n3ccc(C(F)(F)F)n3)cc2)[C@H]1c1ccccc1F. The van der Waals surface area contributed by atoms with Gasteiger partial charge in [-0.15, -0.1) is 0 Å². The van der Waals surface area contributed by atoms with Crippen molar-refractivity contribution >= 4 is 5.91 Å². The maximum Gasteiger partial charge on any atom is 0.435 e. The molecule has 2 aromatic carbocycles. The fraction of sp³-hybridized carbons (Fsp3) is 0.200. The van der Waals surface area contributed by atoms with E-state index in [1.54, 1.807) is 47.9 Å². The van der Waals surface area contributed by atoms with E-state index in [1.165, 1.54) is 12.3 Å². The molecule has 3 atom stereocenters. The van der Waals surface area contributed by atoms with E-state index < -0.39 is 35.4 Å². The van der Waals surface area contributed by atoms with Crippen LogP contribution in [0.3, 0.4) is 0 Å². The number of hydrogen-bond acceptors (Lipinski definition) is 3. The summed E-state index contributed by atoms with van der Waals surface area (Å²) in [4.78, 5) is 12.0. The first-order valence-corrected chi connectivity index (χ1v) is 8.73. The van der Waals surface area contributed by atoms with Crippen molar-refractivity contribution in [3.8, 4) is 5.69 Å². The summed E-state index contributed by atoms with van der Waals surface area (Å²) < 4.78 is 53.5. The lowest BCUT2D eigenvalue weighted by Gasteiger charge is -2.06. The molecule has 1 fully saturated rings. The average Bonchev–Trinajstić information content (AvgIpc) is 3.21. The molecule has 0 unspecified atom stereocenters. The maximum atomic E-state index is 14.2. The smallest absolute Gasteiger partial charge is 0.289 e. The second-order valence-electron chi connectivity index (χ2n) is 6.81. The second-order valence-corrected chi connectivity index (χ2v) is 6.81. The van der Waals surface area contributed by atoms with Gasteiger partial charge in [0.05, 0.1) is 11.6 Å². The van der Waals surface area contributed by atoms with Gasteiger partial charge in [0, 0.05) is 18.0 Å². The van der Waals surface area contributed by atoms with Gasteiger partial charge in [0.25, 0.3) is 0 Å². The third-order valence-corrected chi connectivity index (χ3v) is 5.12. The van der Waals surface area contributed by atoms with E-state index in [9.17, 15) is 22.4 Å². The van der Waals surface area contributed by atoms with Crippen molar-refractivity contribution in [1.29, 1.82) is 0 Å². The van der Waals surface area contributed by atoms with Crippen molar-refractivity contribution in [2.75, 3.05) is 0 Å². The Morgan fingerprint density at radius 3 is 2.31 bits per heavy atom. The Labute approximate surface area is 162 Å². The summed E-state index contributed by atoms with van der Waals surface area (Å²) in [5, 5.41) is 12.5. The molecule has 1 aliphatic carbocycles. The molecule has 1 saturated carbocycles. The normalized spacial score (nSPS) is 21.1. The van der Waals surface area contributed by atoms with Gasteiger partial charge in [-0.25, -0.2) is 14.6 Å². The Morgan fingerprint density at radius 1 is 1.03 bits per heavy atom. The average molecular weight is 405 g/mol. The van der Waals surface area contributed by atoms with Crippen LogP contribution in [0.4, 0.5) is 17.6 Å². The lowest BCUT2D eigenvalue weighted by atomic mass is 10.0. The molecular weight excluding hydrogens is 390 g/mol. The van der Waals surface area contributed by atoms with Crippen molar-refractivity contribution in [3.05, 3.63) is 83.4 Å². The first-order valence-electron chi connectivity index (χ1n) is 8.73. The van der Waals surface area contributed by atoms with Gasteiger partial charge in [0.2, 0.25) is 5.91 Å². The van der Waals surface area contributed by atoms with Crippen molar-refractivity contribution < 1.29 is 27.6 Å². The third-order valence-electron chi connectivity index (χ3n) is 5.12. The number of carbonyl (C=O) groups is 1. The number of carbonyl (C=O) groups excluding carboxylic acids is 1. The number of rotatable bonds is 4. The predicted octanol–water partition coefficient (Wildman–Crippen LogP) is 4.03. The van der Waals surface area contributed by atoms with Crippen LogP contribution < -0.4 is 5.48 Å². The highest BCUT2D eigenvalue weighted by atomic mass is 19.4. The molecule has 0 radical (unpaired) electrons. The minimum Gasteiger partial charge on any atom is -0.289 e. The van der Waals surface area contributed by atoms with Gasteiger partial charge in [-0.1, -0.05) is 30.3 Å². The van der Waals surface area contributed by atoms with Gasteiger partial charge in [0.1, 0.15) is 5.82 Å². The van der Waals surface area contributed by atoms with E-state index in [-0.39, 0.29) is 5.92 Å². The zero-order valence-electron chi connectivity index (χ0n) is 14.8. The Balaban J connectivity index is 1.61. The lowest BCUT2D eigenvalue weighted by Crippen LogP contribution is -2.21. The number of halogens is 4. The van der Waals surface area contributed by atoms with Crippen LogP contribution in [-0.4, -0.2) is 20.9 Å². The summed E-state index contributed by atoms with van der Waals surface area (Å²) in [5.74, 6) is -2.52.